The molecule has 0 saturated carbocycles. The predicted molar refractivity (Wildman–Crippen MR) is 80.7 cm³/mol. The maximum absolute atomic E-state index is 13.8. The van der Waals surface area contributed by atoms with Gasteiger partial charge in [-0.05, 0) is 6.07 Å². The van der Waals surface area contributed by atoms with Gasteiger partial charge in [-0.2, -0.15) is 0 Å². The van der Waals surface area contributed by atoms with Crippen LogP contribution in [0.4, 0.5) is 4.39 Å². The molecule has 0 aliphatic carbocycles. The number of hydrogen-bond acceptors (Lipinski definition) is 4. The second kappa shape index (κ2) is 7.26. The fourth-order valence-electron chi connectivity index (χ4n) is 1.91. The third kappa shape index (κ3) is 3.44. The zero-order chi connectivity index (χ0) is 15.2. The number of aromatic nitrogens is 1. The molecule has 0 amide bonds. The Morgan fingerprint density at radius 2 is 1.95 bits per heavy atom. The minimum atomic E-state index is -0.409. The highest BCUT2D eigenvalue weighted by atomic mass is 79.9. The number of pyridine rings is 1. The van der Waals surface area contributed by atoms with Crippen molar-refractivity contribution in [2.45, 2.75) is 11.9 Å². The van der Waals surface area contributed by atoms with Crippen molar-refractivity contribution in [3.05, 3.63) is 47.5 Å². The van der Waals surface area contributed by atoms with Crippen molar-refractivity contribution in [3.63, 3.8) is 0 Å². The Hall–Kier alpha value is -1.82. The van der Waals surface area contributed by atoms with Gasteiger partial charge in [0.15, 0.2) is 23.1 Å². The van der Waals surface area contributed by atoms with Crippen LogP contribution in [0.15, 0.2) is 30.5 Å². The van der Waals surface area contributed by atoms with E-state index in [-0.39, 0.29) is 12.4 Å². The molecule has 0 spiro atoms. The molecule has 112 valence electrons. The van der Waals surface area contributed by atoms with Gasteiger partial charge in [0.2, 0.25) is 0 Å². The molecule has 0 bridgehead atoms. The van der Waals surface area contributed by atoms with E-state index in [4.69, 9.17) is 14.2 Å². The molecular formula is C15H15BrFNO3. The van der Waals surface area contributed by atoms with Gasteiger partial charge in [0.1, 0.15) is 12.3 Å². The predicted octanol–water partition coefficient (Wildman–Crippen LogP) is 3.71. The van der Waals surface area contributed by atoms with Gasteiger partial charge in [-0.1, -0.05) is 28.1 Å². The van der Waals surface area contributed by atoms with Crippen molar-refractivity contribution >= 4 is 15.9 Å². The summed E-state index contributed by atoms with van der Waals surface area (Å²) in [6.45, 7) is 0.0846. The van der Waals surface area contributed by atoms with Crippen LogP contribution in [0.25, 0.3) is 0 Å². The van der Waals surface area contributed by atoms with Gasteiger partial charge in [0.05, 0.1) is 14.2 Å². The zero-order valence-corrected chi connectivity index (χ0v) is 13.3. The van der Waals surface area contributed by atoms with Gasteiger partial charge in [-0.25, -0.2) is 4.39 Å². The van der Waals surface area contributed by atoms with Crippen molar-refractivity contribution in [2.24, 2.45) is 0 Å². The molecule has 4 nitrogen and oxygen atoms in total. The fraction of sp³-hybridized carbons (Fsp3) is 0.267. The number of hydrogen-bond donors (Lipinski definition) is 0. The first kappa shape index (κ1) is 15.6. The van der Waals surface area contributed by atoms with E-state index in [9.17, 15) is 4.39 Å². The van der Waals surface area contributed by atoms with E-state index in [0.29, 0.717) is 22.5 Å². The molecule has 2 rings (SSSR count). The van der Waals surface area contributed by atoms with Crippen molar-refractivity contribution in [2.75, 3.05) is 14.2 Å². The van der Waals surface area contributed by atoms with Gasteiger partial charge in [0, 0.05) is 23.2 Å². The summed E-state index contributed by atoms with van der Waals surface area (Å²) in [6.07, 6.45) is 1.59. The number of rotatable bonds is 6. The van der Waals surface area contributed by atoms with Crippen LogP contribution in [0.3, 0.4) is 0 Å². The van der Waals surface area contributed by atoms with E-state index in [1.54, 1.807) is 31.5 Å². The SMILES string of the molecule is COc1ccnc(COc2c(F)cccc2CBr)c1OC. The summed E-state index contributed by atoms with van der Waals surface area (Å²) in [5.74, 6) is 0.840. The first-order valence-corrected chi connectivity index (χ1v) is 7.35. The molecule has 0 unspecified atom stereocenters. The molecule has 1 heterocycles. The standard InChI is InChI=1S/C15H15BrFNO3/c1-19-13-6-7-18-12(15(13)20-2)9-21-14-10(8-16)4-3-5-11(14)17/h3-7H,8-9H2,1-2H3. The molecule has 0 aliphatic rings. The Morgan fingerprint density at radius 1 is 1.14 bits per heavy atom. The highest BCUT2D eigenvalue weighted by Crippen LogP contribution is 2.31. The molecule has 21 heavy (non-hydrogen) atoms. The molecule has 0 saturated heterocycles. The summed E-state index contributed by atoms with van der Waals surface area (Å²) < 4.78 is 29.9. The van der Waals surface area contributed by atoms with Crippen LogP contribution in [0.2, 0.25) is 0 Å². The quantitative estimate of drug-likeness (QED) is 0.740. The molecule has 1 aromatic carbocycles. The Labute approximate surface area is 131 Å². The lowest BCUT2D eigenvalue weighted by Gasteiger charge is -2.14. The van der Waals surface area contributed by atoms with Crippen LogP contribution in [0.1, 0.15) is 11.3 Å². The van der Waals surface area contributed by atoms with Crippen LogP contribution in [-0.4, -0.2) is 19.2 Å². The van der Waals surface area contributed by atoms with Gasteiger partial charge in [-0.3, -0.25) is 4.98 Å². The zero-order valence-electron chi connectivity index (χ0n) is 11.7. The highest BCUT2D eigenvalue weighted by Gasteiger charge is 2.14. The number of alkyl halides is 1. The van der Waals surface area contributed by atoms with Crippen molar-refractivity contribution in [3.8, 4) is 17.2 Å². The molecule has 6 heteroatoms. The lowest BCUT2D eigenvalue weighted by atomic mass is 10.2. The molecular weight excluding hydrogens is 341 g/mol. The third-order valence-electron chi connectivity index (χ3n) is 2.91. The summed E-state index contributed by atoms with van der Waals surface area (Å²) in [5, 5.41) is 0.503. The summed E-state index contributed by atoms with van der Waals surface area (Å²) in [6, 6.07) is 6.49. The van der Waals surface area contributed by atoms with Gasteiger partial charge in [-0.15, -0.1) is 0 Å². The van der Waals surface area contributed by atoms with Gasteiger partial charge in [0.25, 0.3) is 0 Å². The second-order valence-corrected chi connectivity index (χ2v) is 4.70. The first-order valence-electron chi connectivity index (χ1n) is 6.23. The van der Waals surface area contributed by atoms with Gasteiger partial charge >= 0.3 is 0 Å². The maximum atomic E-state index is 13.8. The van der Waals surface area contributed by atoms with Crippen molar-refractivity contribution in [1.29, 1.82) is 0 Å². The molecule has 0 N–H and O–H groups in total. The Morgan fingerprint density at radius 3 is 2.62 bits per heavy atom. The minimum Gasteiger partial charge on any atom is -0.493 e. The molecule has 0 atom stereocenters. The smallest absolute Gasteiger partial charge is 0.185 e. The molecule has 2 aromatic rings. The average molecular weight is 356 g/mol. The van der Waals surface area contributed by atoms with E-state index >= 15 is 0 Å². The number of nitrogens with zero attached hydrogens (tertiary/aromatic N) is 1. The summed E-state index contributed by atoms with van der Waals surface area (Å²) in [4.78, 5) is 4.19. The first-order chi connectivity index (χ1) is 10.2. The Kier molecular flexibility index (Phi) is 5.38. The normalized spacial score (nSPS) is 10.3. The van der Waals surface area contributed by atoms with E-state index in [1.165, 1.54) is 13.2 Å². The molecule has 0 fully saturated rings. The van der Waals surface area contributed by atoms with Crippen LogP contribution in [0, 0.1) is 5.82 Å². The summed E-state index contributed by atoms with van der Waals surface area (Å²) in [5.41, 5.74) is 1.28. The number of methoxy groups -OCH3 is 2. The van der Waals surface area contributed by atoms with Crippen LogP contribution in [0.5, 0.6) is 17.2 Å². The Balaban J connectivity index is 2.25. The molecule has 1 aromatic heterocycles. The lowest BCUT2D eigenvalue weighted by molar-refractivity contribution is 0.271. The number of halogens is 2. The van der Waals surface area contributed by atoms with E-state index in [1.807, 2.05) is 0 Å². The molecule has 0 radical (unpaired) electrons. The van der Waals surface area contributed by atoms with Crippen molar-refractivity contribution < 1.29 is 18.6 Å². The number of ether oxygens (including phenoxy) is 3. The van der Waals surface area contributed by atoms with Crippen LogP contribution in [-0.2, 0) is 11.9 Å². The summed E-state index contributed by atoms with van der Waals surface area (Å²) >= 11 is 3.31. The van der Waals surface area contributed by atoms with Crippen molar-refractivity contribution in [1.82, 2.24) is 4.98 Å². The average Bonchev–Trinajstić information content (AvgIpc) is 2.52. The van der Waals surface area contributed by atoms with Gasteiger partial charge < -0.3 is 14.2 Å². The Bertz CT molecular complexity index is 622. The lowest BCUT2D eigenvalue weighted by Crippen LogP contribution is -2.05. The molecule has 0 aliphatic heterocycles. The second-order valence-electron chi connectivity index (χ2n) is 4.14. The van der Waals surface area contributed by atoms with Crippen LogP contribution >= 0.6 is 15.9 Å². The van der Waals surface area contributed by atoms with Crippen LogP contribution < -0.4 is 14.2 Å². The maximum Gasteiger partial charge on any atom is 0.185 e. The van der Waals surface area contributed by atoms with E-state index in [0.717, 1.165) is 5.56 Å². The topological polar surface area (TPSA) is 40.6 Å². The minimum absolute atomic E-state index is 0.0846. The fourth-order valence-corrected chi connectivity index (χ4v) is 2.36. The number of para-hydroxylation sites is 1. The van der Waals surface area contributed by atoms with E-state index in [2.05, 4.69) is 20.9 Å². The van der Waals surface area contributed by atoms with E-state index < -0.39 is 5.82 Å². The summed E-state index contributed by atoms with van der Waals surface area (Å²) in [7, 11) is 3.07. The third-order valence-corrected chi connectivity index (χ3v) is 3.52. The largest absolute Gasteiger partial charge is 0.493 e. The monoisotopic (exact) mass is 355 g/mol. The highest BCUT2D eigenvalue weighted by molar-refractivity contribution is 9.08. The number of benzene rings is 1.